The van der Waals surface area contributed by atoms with Gasteiger partial charge < -0.3 is 10.1 Å². The Bertz CT molecular complexity index is 908. The molecule has 0 unspecified atom stereocenters. The highest BCUT2D eigenvalue weighted by Gasteiger charge is 2.40. The lowest BCUT2D eigenvalue weighted by Crippen LogP contribution is -2.31. The summed E-state index contributed by atoms with van der Waals surface area (Å²) < 4.78 is 5.13. The first-order valence-corrected chi connectivity index (χ1v) is 9.93. The van der Waals surface area contributed by atoms with Gasteiger partial charge in [0.05, 0.1) is 23.8 Å². The van der Waals surface area contributed by atoms with E-state index in [9.17, 15) is 14.4 Å². The van der Waals surface area contributed by atoms with Crippen LogP contribution in [0.15, 0.2) is 42.5 Å². The van der Waals surface area contributed by atoms with Gasteiger partial charge in [0.1, 0.15) is 5.75 Å². The number of nitrogens with one attached hydrogen (secondary N) is 1. The number of ether oxygens (including phenoxy) is 1. The molecular weight excluding hydrogens is 376 g/mol. The number of imide groups is 1. The highest BCUT2D eigenvalue weighted by molar-refractivity contribution is 8.01. The summed E-state index contributed by atoms with van der Waals surface area (Å²) in [4.78, 5) is 38.6. The Morgan fingerprint density at radius 2 is 1.89 bits per heavy atom. The summed E-state index contributed by atoms with van der Waals surface area (Å²) >= 11 is 1.18. The second-order valence-corrected chi connectivity index (χ2v) is 7.89. The number of rotatable bonds is 6. The van der Waals surface area contributed by atoms with Crippen molar-refractivity contribution in [1.82, 2.24) is 0 Å². The van der Waals surface area contributed by atoms with Gasteiger partial charge in [-0.1, -0.05) is 12.1 Å². The van der Waals surface area contributed by atoms with Crippen LogP contribution >= 0.6 is 11.8 Å². The van der Waals surface area contributed by atoms with E-state index in [0.717, 1.165) is 11.1 Å². The van der Waals surface area contributed by atoms with E-state index in [0.29, 0.717) is 17.1 Å². The fourth-order valence-electron chi connectivity index (χ4n) is 3.16. The number of hydrogen-bond donors (Lipinski definition) is 1. The Balaban J connectivity index is 1.61. The van der Waals surface area contributed by atoms with Crippen molar-refractivity contribution in [2.75, 3.05) is 23.1 Å². The Hall–Kier alpha value is -2.80. The lowest BCUT2D eigenvalue weighted by atomic mass is 10.1. The van der Waals surface area contributed by atoms with Gasteiger partial charge in [-0.05, 0) is 49.2 Å². The van der Waals surface area contributed by atoms with E-state index in [-0.39, 0.29) is 29.9 Å². The van der Waals surface area contributed by atoms with Gasteiger partial charge in [0, 0.05) is 18.2 Å². The van der Waals surface area contributed by atoms with Crippen molar-refractivity contribution >= 4 is 40.9 Å². The Morgan fingerprint density at radius 1 is 1.18 bits per heavy atom. The third-order valence-corrected chi connectivity index (χ3v) is 5.54. The van der Waals surface area contributed by atoms with Crippen LogP contribution in [-0.2, 0) is 14.4 Å². The average molecular weight is 398 g/mol. The first-order chi connectivity index (χ1) is 13.4. The summed E-state index contributed by atoms with van der Waals surface area (Å²) in [6, 6.07) is 12.7. The van der Waals surface area contributed by atoms with Crippen LogP contribution in [0, 0.1) is 13.8 Å². The molecule has 0 bridgehead atoms. The van der Waals surface area contributed by atoms with Crippen molar-refractivity contribution in [1.29, 1.82) is 0 Å². The number of benzene rings is 2. The molecule has 28 heavy (non-hydrogen) atoms. The van der Waals surface area contributed by atoms with Gasteiger partial charge in [-0.15, -0.1) is 11.8 Å². The van der Waals surface area contributed by atoms with Crippen molar-refractivity contribution in [2.45, 2.75) is 25.5 Å². The van der Waals surface area contributed by atoms with Gasteiger partial charge >= 0.3 is 0 Å². The molecule has 2 aromatic carbocycles. The molecule has 6 nitrogen and oxygen atoms in total. The minimum atomic E-state index is -0.552. The van der Waals surface area contributed by atoms with Crippen molar-refractivity contribution in [3.63, 3.8) is 0 Å². The number of amides is 3. The van der Waals surface area contributed by atoms with Gasteiger partial charge in [-0.25, -0.2) is 4.90 Å². The van der Waals surface area contributed by atoms with E-state index in [1.807, 2.05) is 32.0 Å². The zero-order valence-corrected chi connectivity index (χ0v) is 16.8. The topological polar surface area (TPSA) is 75.7 Å². The monoisotopic (exact) mass is 398 g/mol. The number of hydrogen-bond acceptors (Lipinski definition) is 5. The van der Waals surface area contributed by atoms with E-state index in [2.05, 4.69) is 5.32 Å². The van der Waals surface area contributed by atoms with Crippen LogP contribution in [0.5, 0.6) is 5.75 Å². The number of thioether (sulfide) groups is 1. The van der Waals surface area contributed by atoms with Crippen molar-refractivity contribution < 1.29 is 19.1 Å². The highest BCUT2D eigenvalue weighted by Crippen LogP contribution is 2.31. The second-order valence-electron chi connectivity index (χ2n) is 6.70. The van der Waals surface area contributed by atoms with Crippen LogP contribution in [0.25, 0.3) is 0 Å². The lowest BCUT2D eigenvalue weighted by Gasteiger charge is -2.16. The van der Waals surface area contributed by atoms with E-state index in [1.165, 1.54) is 16.7 Å². The van der Waals surface area contributed by atoms with Gasteiger partial charge in [0.25, 0.3) is 0 Å². The number of carbonyl (C=O) groups excluding carboxylic acids is 3. The third kappa shape index (κ3) is 4.54. The fourth-order valence-corrected chi connectivity index (χ4v) is 4.09. The first-order valence-electron chi connectivity index (χ1n) is 8.88. The summed E-state index contributed by atoms with van der Waals surface area (Å²) in [5.41, 5.74) is 3.20. The van der Waals surface area contributed by atoms with Crippen LogP contribution < -0.4 is 15.0 Å². The van der Waals surface area contributed by atoms with Crippen LogP contribution in [0.1, 0.15) is 17.5 Å². The Kier molecular flexibility index (Phi) is 6.04. The SMILES string of the molecule is COc1cccc(NC(=O)CS[C@@H]2CC(=O)N(c3cc(C)cc(C)c3)C2=O)c1. The maximum absolute atomic E-state index is 12.7. The van der Waals surface area contributed by atoms with E-state index < -0.39 is 5.25 Å². The molecule has 0 radical (unpaired) electrons. The standard InChI is InChI=1S/C21H22N2O4S/c1-13-7-14(2)9-16(8-13)23-20(25)11-18(21(23)26)28-12-19(24)22-15-5-4-6-17(10-15)27-3/h4-10,18H,11-12H2,1-3H3,(H,22,24)/t18-/m1/s1. The summed E-state index contributed by atoms with van der Waals surface area (Å²) in [5.74, 6) is -0.00830. The fraction of sp³-hybridized carbons (Fsp3) is 0.286. The minimum Gasteiger partial charge on any atom is -0.497 e. The molecule has 1 atom stereocenters. The van der Waals surface area contributed by atoms with Gasteiger partial charge in [0.15, 0.2) is 0 Å². The van der Waals surface area contributed by atoms with Gasteiger partial charge in [-0.3, -0.25) is 14.4 Å². The predicted molar refractivity (Wildman–Crippen MR) is 111 cm³/mol. The Labute approximate surface area is 168 Å². The van der Waals surface area contributed by atoms with Crippen molar-refractivity contribution in [2.24, 2.45) is 0 Å². The second kappa shape index (κ2) is 8.48. The molecule has 1 saturated heterocycles. The zero-order valence-electron chi connectivity index (χ0n) is 16.0. The van der Waals surface area contributed by atoms with Crippen LogP contribution in [0.4, 0.5) is 11.4 Å². The maximum atomic E-state index is 12.7. The van der Waals surface area contributed by atoms with E-state index in [4.69, 9.17) is 4.74 Å². The predicted octanol–water partition coefficient (Wildman–Crippen LogP) is 3.32. The van der Waals surface area contributed by atoms with Gasteiger partial charge in [-0.2, -0.15) is 0 Å². The molecular formula is C21H22N2O4S. The molecule has 3 amide bonds. The largest absolute Gasteiger partial charge is 0.497 e. The van der Waals surface area contributed by atoms with Crippen molar-refractivity contribution in [3.8, 4) is 5.75 Å². The zero-order chi connectivity index (χ0) is 20.3. The number of nitrogens with zero attached hydrogens (tertiary/aromatic N) is 1. The van der Waals surface area contributed by atoms with E-state index in [1.54, 1.807) is 31.4 Å². The molecule has 0 spiro atoms. The molecule has 1 fully saturated rings. The molecule has 0 aromatic heterocycles. The molecule has 1 aliphatic rings. The van der Waals surface area contributed by atoms with Crippen LogP contribution in [-0.4, -0.2) is 35.8 Å². The minimum absolute atomic E-state index is 0.0849. The van der Waals surface area contributed by atoms with Crippen molar-refractivity contribution in [3.05, 3.63) is 53.6 Å². The Morgan fingerprint density at radius 3 is 2.57 bits per heavy atom. The molecule has 1 N–H and O–H groups in total. The number of aryl methyl sites for hydroxylation is 2. The summed E-state index contributed by atoms with van der Waals surface area (Å²) in [6.45, 7) is 3.85. The van der Waals surface area contributed by atoms with E-state index >= 15 is 0 Å². The summed E-state index contributed by atoms with van der Waals surface area (Å²) in [6.07, 6.45) is 0.100. The molecule has 3 rings (SSSR count). The lowest BCUT2D eigenvalue weighted by molar-refractivity contribution is -0.121. The maximum Gasteiger partial charge on any atom is 0.247 e. The summed E-state index contributed by atoms with van der Waals surface area (Å²) in [7, 11) is 1.56. The average Bonchev–Trinajstić information content (AvgIpc) is 2.93. The normalized spacial score (nSPS) is 16.4. The third-order valence-electron chi connectivity index (χ3n) is 4.34. The molecule has 7 heteroatoms. The molecule has 0 aliphatic carbocycles. The molecule has 146 valence electrons. The smallest absolute Gasteiger partial charge is 0.247 e. The number of anilines is 2. The van der Waals surface area contributed by atoms with Crippen LogP contribution in [0.2, 0.25) is 0 Å². The first kappa shape index (κ1) is 19.9. The van der Waals surface area contributed by atoms with Gasteiger partial charge in [0.2, 0.25) is 17.7 Å². The molecule has 2 aromatic rings. The number of methoxy groups -OCH3 is 1. The highest BCUT2D eigenvalue weighted by atomic mass is 32.2. The van der Waals surface area contributed by atoms with Crippen LogP contribution in [0.3, 0.4) is 0 Å². The molecule has 1 heterocycles. The molecule has 0 saturated carbocycles. The molecule has 1 aliphatic heterocycles. The summed E-state index contributed by atoms with van der Waals surface area (Å²) in [5, 5.41) is 2.22. The quantitative estimate of drug-likeness (QED) is 0.756. The number of carbonyl (C=O) groups is 3.